The van der Waals surface area contributed by atoms with Crippen molar-refractivity contribution in [3.8, 4) is 5.75 Å². The number of ether oxygens (including phenoxy) is 1. The van der Waals surface area contributed by atoms with Gasteiger partial charge in [0.2, 0.25) is 0 Å². The van der Waals surface area contributed by atoms with Gasteiger partial charge in [-0.1, -0.05) is 29.3 Å². The molecule has 1 heterocycles. The van der Waals surface area contributed by atoms with E-state index in [1.165, 1.54) is 0 Å². The Labute approximate surface area is 143 Å². The molecule has 23 heavy (non-hydrogen) atoms. The standard InChI is InChI=1S/C17H12Cl2N2O2/c1-23-12-5-3-11(4-6-12)16-20-15(17(22)21-16)9-10-2-7-13(18)14(19)8-10/h2-9H,1H3,(H,20,21,22)/b15-9+. The molecule has 4 nitrogen and oxygen atoms in total. The van der Waals surface area contributed by atoms with Gasteiger partial charge in [-0.15, -0.1) is 0 Å². The van der Waals surface area contributed by atoms with E-state index in [-0.39, 0.29) is 5.91 Å². The molecule has 1 aliphatic heterocycles. The average molecular weight is 347 g/mol. The third-order valence-corrected chi connectivity index (χ3v) is 4.05. The molecule has 0 aliphatic carbocycles. The summed E-state index contributed by atoms with van der Waals surface area (Å²) in [4.78, 5) is 16.4. The molecule has 2 aromatic carbocycles. The van der Waals surface area contributed by atoms with Crippen molar-refractivity contribution in [3.05, 3.63) is 69.3 Å². The minimum atomic E-state index is -0.262. The highest BCUT2D eigenvalue weighted by Crippen LogP contribution is 2.24. The SMILES string of the molecule is COc1ccc(C2=N/C(=C/c3ccc(Cl)c(Cl)c3)C(=O)N2)cc1. The molecule has 1 amide bonds. The number of rotatable bonds is 3. The van der Waals surface area contributed by atoms with E-state index in [1.807, 2.05) is 24.3 Å². The van der Waals surface area contributed by atoms with Crippen LogP contribution in [0.4, 0.5) is 0 Å². The van der Waals surface area contributed by atoms with E-state index in [1.54, 1.807) is 31.4 Å². The molecule has 0 atom stereocenters. The predicted octanol–water partition coefficient (Wildman–Crippen LogP) is 3.92. The van der Waals surface area contributed by atoms with E-state index >= 15 is 0 Å². The van der Waals surface area contributed by atoms with E-state index in [0.29, 0.717) is 21.6 Å². The lowest BCUT2D eigenvalue weighted by Crippen LogP contribution is -2.24. The summed E-state index contributed by atoms with van der Waals surface area (Å²) in [6.45, 7) is 0. The van der Waals surface area contributed by atoms with E-state index in [0.717, 1.165) is 16.9 Å². The third-order valence-electron chi connectivity index (χ3n) is 3.31. The molecule has 0 fully saturated rings. The molecule has 6 heteroatoms. The normalized spacial score (nSPS) is 15.5. The van der Waals surface area contributed by atoms with Crippen molar-refractivity contribution < 1.29 is 9.53 Å². The zero-order valence-corrected chi connectivity index (χ0v) is 13.7. The molecule has 0 saturated heterocycles. The largest absolute Gasteiger partial charge is 0.497 e. The van der Waals surface area contributed by atoms with Crippen molar-refractivity contribution in [1.29, 1.82) is 0 Å². The fourth-order valence-corrected chi connectivity index (χ4v) is 2.42. The highest BCUT2D eigenvalue weighted by Gasteiger charge is 2.21. The van der Waals surface area contributed by atoms with Gasteiger partial charge in [0.1, 0.15) is 17.3 Å². The number of hydrogen-bond acceptors (Lipinski definition) is 3. The quantitative estimate of drug-likeness (QED) is 0.856. The lowest BCUT2D eigenvalue weighted by atomic mass is 10.2. The van der Waals surface area contributed by atoms with Gasteiger partial charge < -0.3 is 10.1 Å². The first kappa shape index (κ1) is 15.6. The molecule has 1 N–H and O–H groups in total. The number of carbonyl (C=O) groups is 1. The molecule has 1 aliphatic rings. The van der Waals surface area contributed by atoms with Crippen LogP contribution >= 0.6 is 23.2 Å². The number of amidine groups is 1. The van der Waals surface area contributed by atoms with Gasteiger partial charge in [-0.2, -0.15) is 0 Å². The number of benzene rings is 2. The van der Waals surface area contributed by atoms with Gasteiger partial charge in [0.15, 0.2) is 0 Å². The third kappa shape index (κ3) is 3.38. The summed E-state index contributed by atoms with van der Waals surface area (Å²) < 4.78 is 5.11. The smallest absolute Gasteiger partial charge is 0.275 e. The summed E-state index contributed by atoms with van der Waals surface area (Å²) >= 11 is 11.9. The molecular formula is C17H12Cl2N2O2. The molecule has 3 rings (SSSR count). The van der Waals surface area contributed by atoms with Crippen LogP contribution in [0.1, 0.15) is 11.1 Å². The predicted molar refractivity (Wildman–Crippen MR) is 92.1 cm³/mol. The Hall–Kier alpha value is -2.30. The number of halogens is 2. The Bertz CT molecular complexity index is 827. The molecule has 0 bridgehead atoms. The van der Waals surface area contributed by atoms with Crippen LogP contribution in [0.5, 0.6) is 5.75 Å². The van der Waals surface area contributed by atoms with Gasteiger partial charge in [0, 0.05) is 5.56 Å². The molecular weight excluding hydrogens is 335 g/mol. The molecule has 0 spiro atoms. The van der Waals surface area contributed by atoms with Crippen molar-refractivity contribution in [2.75, 3.05) is 7.11 Å². The second-order valence-electron chi connectivity index (χ2n) is 4.85. The summed E-state index contributed by atoms with van der Waals surface area (Å²) in [5.74, 6) is 0.982. The first-order chi connectivity index (χ1) is 11.1. The Morgan fingerprint density at radius 3 is 2.48 bits per heavy atom. The minimum Gasteiger partial charge on any atom is -0.497 e. The minimum absolute atomic E-state index is 0.262. The van der Waals surface area contributed by atoms with Gasteiger partial charge in [-0.05, 0) is 48.0 Å². The summed E-state index contributed by atoms with van der Waals surface area (Å²) in [6, 6.07) is 12.4. The first-order valence-corrected chi connectivity index (χ1v) is 7.53. The van der Waals surface area contributed by atoms with Crippen LogP contribution in [0.2, 0.25) is 10.0 Å². The summed E-state index contributed by atoms with van der Waals surface area (Å²) in [5.41, 5.74) is 1.87. The van der Waals surface area contributed by atoms with Crippen LogP contribution in [0, 0.1) is 0 Å². The fourth-order valence-electron chi connectivity index (χ4n) is 2.11. The maximum absolute atomic E-state index is 12.1. The van der Waals surface area contributed by atoms with Crippen molar-refractivity contribution in [2.45, 2.75) is 0 Å². The maximum atomic E-state index is 12.1. The van der Waals surface area contributed by atoms with Crippen molar-refractivity contribution in [3.63, 3.8) is 0 Å². The monoisotopic (exact) mass is 346 g/mol. The van der Waals surface area contributed by atoms with Gasteiger partial charge in [-0.3, -0.25) is 4.79 Å². The average Bonchev–Trinajstić information content (AvgIpc) is 2.92. The number of amides is 1. The highest BCUT2D eigenvalue weighted by molar-refractivity contribution is 6.42. The van der Waals surface area contributed by atoms with E-state index in [9.17, 15) is 4.79 Å². The van der Waals surface area contributed by atoms with Crippen molar-refractivity contribution in [2.24, 2.45) is 4.99 Å². The van der Waals surface area contributed by atoms with Crippen LogP contribution in [-0.2, 0) is 4.79 Å². The zero-order valence-electron chi connectivity index (χ0n) is 12.1. The maximum Gasteiger partial charge on any atom is 0.275 e. The van der Waals surface area contributed by atoms with E-state index in [4.69, 9.17) is 27.9 Å². The lowest BCUT2D eigenvalue weighted by molar-refractivity contribution is -0.115. The first-order valence-electron chi connectivity index (χ1n) is 6.78. The van der Waals surface area contributed by atoms with E-state index in [2.05, 4.69) is 10.3 Å². The molecule has 116 valence electrons. The Morgan fingerprint density at radius 1 is 1.09 bits per heavy atom. The van der Waals surface area contributed by atoms with Crippen LogP contribution < -0.4 is 10.1 Å². The zero-order chi connectivity index (χ0) is 16.4. The topological polar surface area (TPSA) is 50.7 Å². The number of carbonyl (C=O) groups excluding carboxylic acids is 1. The molecule has 0 aromatic heterocycles. The summed E-state index contributed by atoms with van der Waals surface area (Å²) in [5, 5.41) is 3.64. The highest BCUT2D eigenvalue weighted by atomic mass is 35.5. The van der Waals surface area contributed by atoms with Gasteiger partial charge in [0.25, 0.3) is 5.91 Å². The Morgan fingerprint density at radius 2 is 1.83 bits per heavy atom. The number of nitrogens with zero attached hydrogens (tertiary/aromatic N) is 1. The van der Waals surface area contributed by atoms with Crippen LogP contribution in [0.25, 0.3) is 6.08 Å². The number of hydrogen-bond donors (Lipinski definition) is 1. The number of nitrogens with one attached hydrogen (secondary N) is 1. The van der Waals surface area contributed by atoms with Gasteiger partial charge >= 0.3 is 0 Å². The summed E-state index contributed by atoms with van der Waals surface area (Å²) in [7, 11) is 1.60. The second-order valence-corrected chi connectivity index (χ2v) is 5.66. The number of aliphatic imine (C=N–C) groups is 1. The molecule has 0 radical (unpaired) electrons. The Balaban J connectivity index is 1.90. The lowest BCUT2D eigenvalue weighted by Gasteiger charge is -2.02. The second kappa shape index (κ2) is 6.44. The van der Waals surface area contributed by atoms with Crippen LogP contribution in [-0.4, -0.2) is 18.9 Å². The van der Waals surface area contributed by atoms with Crippen molar-refractivity contribution >= 4 is 41.0 Å². The van der Waals surface area contributed by atoms with Gasteiger partial charge in [-0.25, -0.2) is 4.99 Å². The van der Waals surface area contributed by atoms with Gasteiger partial charge in [0.05, 0.1) is 17.2 Å². The fraction of sp³-hybridized carbons (Fsp3) is 0.0588. The number of methoxy groups -OCH3 is 1. The molecule has 0 saturated carbocycles. The van der Waals surface area contributed by atoms with Crippen LogP contribution in [0.15, 0.2) is 53.2 Å². The van der Waals surface area contributed by atoms with E-state index < -0.39 is 0 Å². The molecule has 2 aromatic rings. The van der Waals surface area contributed by atoms with Crippen LogP contribution in [0.3, 0.4) is 0 Å². The summed E-state index contributed by atoms with van der Waals surface area (Å²) in [6.07, 6.45) is 1.66. The van der Waals surface area contributed by atoms with Crippen molar-refractivity contribution in [1.82, 2.24) is 5.32 Å². The molecule has 0 unspecified atom stereocenters. The Kier molecular flexibility index (Phi) is 4.37.